The summed E-state index contributed by atoms with van der Waals surface area (Å²) in [5.74, 6) is 1.02. The molecule has 0 atom stereocenters. The normalized spacial score (nSPS) is 16.5. The van der Waals surface area contributed by atoms with Crippen LogP contribution in [0.1, 0.15) is 51.0 Å². The molecule has 0 aliphatic carbocycles. The molecule has 1 saturated heterocycles. The van der Waals surface area contributed by atoms with Crippen LogP contribution in [-0.4, -0.2) is 19.2 Å². The zero-order valence-corrected chi connectivity index (χ0v) is 12.1. The highest BCUT2D eigenvalue weighted by molar-refractivity contribution is 5.27. The monoisotopic (exact) mass is 260 g/mol. The first kappa shape index (κ1) is 14.4. The summed E-state index contributed by atoms with van der Waals surface area (Å²) in [7, 11) is 0. The summed E-state index contributed by atoms with van der Waals surface area (Å²) in [6.45, 7) is 4.17. The van der Waals surface area contributed by atoms with Crippen molar-refractivity contribution in [3.8, 4) is 5.75 Å². The van der Waals surface area contributed by atoms with Gasteiger partial charge in [-0.15, -0.1) is 0 Å². The third kappa shape index (κ3) is 5.23. The molecule has 1 aromatic carbocycles. The molecule has 19 heavy (non-hydrogen) atoms. The van der Waals surface area contributed by atoms with Gasteiger partial charge in [-0.2, -0.15) is 0 Å². The van der Waals surface area contributed by atoms with E-state index >= 15 is 0 Å². The highest BCUT2D eigenvalue weighted by atomic mass is 16.5. The second-order valence-electron chi connectivity index (χ2n) is 5.44. The quantitative estimate of drug-likeness (QED) is 0.681. The van der Waals surface area contributed by atoms with E-state index in [1.54, 1.807) is 0 Å². The Balaban J connectivity index is 1.74. The number of piperidine rings is 1. The molecule has 0 N–H and O–H groups in total. The van der Waals surface area contributed by atoms with E-state index in [0.29, 0.717) is 6.10 Å². The molecule has 1 aromatic rings. The number of unbranched alkanes of at least 4 members (excludes halogenated alkanes) is 3. The maximum absolute atomic E-state index is 5.99. The first-order valence-corrected chi connectivity index (χ1v) is 7.77. The van der Waals surface area contributed by atoms with Crippen LogP contribution in [0.2, 0.25) is 0 Å². The van der Waals surface area contributed by atoms with Crippen LogP contribution in [0.5, 0.6) is 5.75 Å². The summed E-state index contributed by atoms with van der Waals surface area (Å²) in [5, 5.41) is 4.35. The average molecular weight is 260 g/mol. The van der Waals surface area contributed by atoms with Gasteiger partial charge in [0.15, 0.2) is 0 Å². The minimum atomic E-state index is 0.368. The SMILES string of the molecule is CCCCCCc1ccc(OC2CC[N]CC2)cc1. The molecule has 0 bridgehead atoms. The molecular formula is C17H26NO. The third-order valence-electron chi connectivity index (χ3n) is 3.76. The zero-order chi connectivity index (χ0) is 13.3. The molecule has 2 rings (SSSR count). The lowest BCUT2D eigenvalue weighted by Gasteiger charge is -2.22. The fourth-order valence-electron chi connectivity index (χ4n) is 2.53. The molecule has 1 heterocycles. The Morgan fingerprint density at radius 3 is 2.47 bits per heavy atom. The van der Waals surface area contributed by atoms with Crippen LogP contribution in [0.3, 0.4) is 0 Å². The van der Waals surface area contributed by atoms with Gasteiger partial charge in [0.2, 0.25) is 0 Å². The summed E-state index contributed by atoms with van der Waals surface area (Å²) < 4.78 is 5.99. The Labute approximate surface area is 117 Å². The molecule has 0 amide bonds. The van der Waals surface area contributed by atoms with E-state index in [-0.39, 0.29) is 0 Å². The Kier molecular flexibility index (Phi) is 6.22. The number of hydrogen-bond acceptors (Lipinski definition) is 1. The van der Waals surface area contributed by atoms with E-state index in [4.69, 9.17) is 4.74 Å². The largest absolute Gasteiger partial charge is 0.490 e. The zero-order valence-electron chi connectivity index (χ0n) is 12.1. The van der Waals surface area contributed by atoms with Gasteiger partial charge in [0.05, 0.1) is 0 Å². The van der Waals surface area contributed by atoms with Gasteiger partial charge in [0.1, 0.15) is 11.9 Å². The van der Waals surface area contributed by atoms with Crippen molar-refractivity contribution >= 4 is 0 Å². The highest BCUT2D eigenvalue weighted by Gasteiger charge is 2.14. The molecule has 1 fully saturated rings. The summed E-state index contributed by atoms with van der Waals surface area (Å²) in [6, 6.07) is 8.69. The number of rotatable bonds is 7. The van der Waals surface area contributed by atoms with Crippen molar-refractivity contribution < 1.29 is 4.74 Å². The van der Waals surface area contributed by atoms with Crippen molar-refractivity contribution in [3.05, 3.63) is 29.8 Å². The molecule has 0 aromatic heterocycles. The van der Waals surface area contributed by atoms with Gasteiger partial charge in [-0.3, -0.25) is 0 Å². The van der Waals surface area contributed by atoms with Crippen molar-refractivity contribution in [1.82, 2.24) is 5.32 Å². The minimum Gasteiger partial charge on any atom is -0.490 e. The van der Waals surface area contributed by atoms with E-state index in [1.807, 2.05) is 0 Å². The van der Waals surface area contributed by atoms with Gasteiger partial charge in [-0.25, -0.2) is 5.32 Å². The van der Waals surface area contributed by atoms with Gasteiger partial charge in [0, 0.05) is 13.1 Å². The Morgan fingerprint density at radius 1 is 1.05 bits per heavy atom. The van der Waals surface area contributed by atoms with E-state index < -0.39 is 0 Å². The van der Waals surface area contributed by atoms with Gasteiger partial charge in [-0.05, 0) is 43.4 Å². The van der Waals surface area contributed by atoms with Gasteiger partial charge < -0.3 is 4.74 Å². The molecule has 0 spiro atoms. The fourth-order valence-corrected chi connectivity index (χ4v) is 2.53. The molecule has 105 valence electrons. The number of ether oxygens (including phenoxy) is 1. The maximum atomic E-state index is 5.99. The third-order valence-corrected chi connectivity index (χ3v) is 3.76. The van der Waals surface area contributed by atoms with Crippen LogP contribution in [0, 0.1) is 0 Å². The van der Waals surface area contributed by atoms with Crippen LogP contribution in [-0.2, 0) is 6.42 Å². The second-order valence-corrected chi connectivity index (χ2v) is 5.44. The standard InChI is InChI=1S/C17H26NO/c1-2-3-4-5-6-15-7-9-16(10-8-15)19-17-11-13-18-14-12-17/h7-10,17H,2-6,11-14H2,1H3. The summed E-state index contributed by atoms with van der Waals surface area (Å²) in [5.41, 5.74) is 1.43. The lowest BCUT2D eigenvalue weighted by atomic mass is 10.1. The van der Waals surface area contributed by atoms with E-state index in [9.17, 15) is 0 Å². The molecule has 2 heteroatoms. The molecule has 0 saturated carbocycles. The van der Waals surface area contributed by atoms with Crippen LogP contribution >= 0.6 is 0 Å². The number of nitrogens with zero attached hydrogens (tertiary/aromatic N) is 1. The number of hydrogen-bond donors (Lipinski definition) is 0. The Morgan fingerprint density at radius 2 is 1.79 bits per heavy atom. The topological polar surface area (TPSA) is 23.3 Å². The van der Waals surface area contributed by atoms with Gasteiger partial charge >= 0.3 is 0 Å². The molecule has 1 aliphatic heterocycles. The van der Waals surface area contributed by atoms with E-state index in [1.165, 1.54) is 37.7 Å². The Hall–Kier alpha value is -1.02. The minimum absolute atomic E-state index is 0.368. The molecule has 0 unspecified atom stereocenters. The van der Waals surface area contributed by atoms with Gasteiger partial charge in [-0.1, -0.05) is 38.3 Å². The summed E-state index contributed by atoms with van der Waals surface area (Å²) in [4.78, 5) is 0. The summed E-state index contributed by atoms with van der Waals surface area (Å²) in [6.07, 6.45) is 9.01. The Bertz CT molecular complexity index is 341. The molecule has 2 nitrogen and oxygen atoms in total. The maximum Gasteiger partial charge on any atom is 0.119 e. The molecule has 1 aliphatic rings. The van der Waals surface area contributed by atoms with Crippen molar-refractivity contribution in [2.45, 2.75) is 58.0 Å². The lowest BCUT2D eigenvalue weighted by Crippen LogP contribution is -2.30. The van der Waals surface area contributed by atoms with Crippen LogP contribution < -0.4 is 10.1 Å². The van der Waals surface area contributed by atoms with Crippen LogP contribution in [0.15, 0.2) is 24.3 Å². The van der Waals surface area contributed by atoms with Crippen molar-refractivity contribution in [2.24, 2.45) is 0 Å². The van der Waals surface area contributed by atoms with Crippen LogP contribution in [0.4, 0.5) is 0 Å². The average Bonchev–Trinajstić information content (AvgIpc) is 2.46. The van der Waals surface area contributed by atoms with Crippen molar-refractivity contribution in [2.75, 3.05) is 13.1 Å². The van der Waals surface area contributed by atoms with E-state index in [2.05, 4.69) is 36.5 Å². The van der Waals surface area contributed by atoms with Gasteiger partial charge in [0.25, 0.3) is 0 Å². The van der Waals surface area contributed by atoms with Crippen molar-refractivity contribution in [1.29, 1.82) is 0 Å². The molecule has 1 radical (unpaired) electrons. The predicted molar refractivity (Wildman–Crippen MR) is 79.8 cm³/mol. The lowest BCUT2D eigenvalue weighted by molar-refractivity contribution is 0.161. The smallest absolute Gasteiger partial charge is 0.119 e. The highest BCUT2D eigenvalue weighted by Crippen LogP contribution is 2.18. The number of benzene rings is 1. The van der Waals surface area contributed by atoms with Crippen molar-refractivity contribution in [3.63, 3.8) is 0 Å². The predicted octanol–water partition coefficient (Wildman–Crippen LogP) is 3.96. The summed E-state index contributed by atoms with van der Waals surface area (Å²) >= 11 is 0. The van der Waals surface area contributed by atoms with Crippen LogP contribution in [0.25, 0.3) is 0 Å². The first-order chi connectivity index (χ1) is 9.38. The number of aryl methyl sites for hydroxylation is 1. The fraction of sp³-hybridized carbons (Fsp3) is 0.647. The second kappa shape index (κ2) is 8.21. The first-order valence-electron chi connectivity index (χ1n) is 7.77. The van der Waals surface area contributed by atoms with E-state index in [0.717, 1.165) is 31.7 Å². The molecular weight excluding hydrogens is 234 g/mol.